The molecule has 3 unspecified atom stereocenters. The molecule has 3 aromatic heterocycles. The molecule has 3 atom stereocenters. The summed E-state index contributed by atoms with van der Waals surface area (Å²) < 4.78 is 2.38. The van der Waals surface area contributed by atoms with E-state index in [1.165, 1.54) is 61.2 Å². The van der Waals surface area contributed by atoms with E-state index in [9.17, 15) is 0 Å². The van der Waals surface area contributed by atoms with Gasteiger partial charge in [-0.25, -0.2) is 4.98 Å². The van der Waals surface area contributed by atoms with Gasteiger partial charge in [0.1, 0.15) is 0 Å². The normalized spacial score (nSPS) is 28.7. The van der Waals surface area contributed by atoms with Gasteiger partial charge in [-0.15, -0.1) is 0 Å². The molecule has 3 aromatic rings. The molecule has 0 amide bonds. The van der Waals surface area contributed by atoms with Crippen molar-refractivity contribution in [1.29, 1.82) is 0 Å². The van der Waals surface area contributed by atoms with Crippen LogP contribution in [-0.4, -0.2) is 37.5 Å². The predicted molar refractivity (Wildman–Crippen MR) is 117 cm³/mol. The third-order valence-corrected chi connectivity index (χ3v) is 8.08. The van der Waals surface area contributed by atoms with Crippen LogP contribution in [0.25, 0.3) is 11.0 Å². The Morgan fingerprint density at radius 2 is 2.23 bits per heavy atom. The fourth-order valence-corrected chi connectivity index (χ4v) is 6.45. The van der Waals surface area contributed by atoms with E-state index in [2.05, 4.69) is 37.8 Å². The van der Waals surface area contributed by atoms with Crippen LogP contribution in [0, 0.1) is 18.3 Å². The maximum atomic E-state index is 6.42. The van der Waals surface area contributed by atoms with Crippen molar-refractivity contribution in [2.75, 3.05) is 11.4 Å². The molecular weight excluding hydrogens is 374 g/mol. The molecule has 2 aliphatic carbocycles. The summed E-state index contributed by atoms with van der Waals surface area (Å²) in [5, 5.41) is 13.3. The molecule has 0 saturated heterocycles. The summed E-state index contributed by atoms with van der Waals surface area (Å²) in [5.41, 5.74) is 12.9. The van der Waals surface area contributed by atoms with E-state index in [1.54, 1.807) is 0 Å². The predicted octanol–water partition coefficient (Wildman–Crippen LogP) is 3.32. The number of hydrogen-bond donors (Lipinski definition) is 2. The van der Waals surface area contributed by atoms with Crippen molar-refractivity contribution >= 4 is 16.7 Å². The highest BCUT2D eigenvalue weighted by Gasteiger charge is 2.43. The average Bonchev–Trinajstić information content (AvgIpc) is 3.36. The van der Waals surface area contributed by atoms with E-state index in [1.807, 2.05) is 12.4 Å². The lowest BCUT2D eigenvalue weighted by Gasteiger charge is -2.48. The Labute approximate surface area is 177 Å². The third kappa shape index (κ3) is 2.86. The van der Waals surface area contributed by atoms with Crippen molar-refractivity contribution in [1.82, 2.24) is 25.0 Å². The van der Waals surface area contributed by atoms with Gasteiger partial charge in [0.15, 0.2) is 5.65 Å². The van der Waals surface area contributed by atoms with Gasteiger partial charge < -0.3 is 10.6 Å². The molecule has 2 bridgehead atoms. The molecule has 1 aliphatic heterocycles. The van der Waals surface area contributed by atoms with Crippen LogP contribution >= 0.6 is 0 Å². The molecule has 0 aromatic carbocycles. The first-order valence-electron chi connectivity index (χ1n) is 11.5. The number of rotatable bonds is 3. The molecule has 0 spiro atoms. The van der Waals surface area contributed by atoms with E-state index >= 15 is 0 Å². The number of aromatic nitrogens is 5. The van der Waals surface area contributed by atoms with Crippen molar-refractivity contribution in [3.63, 3.8) is 0 Å². The molecule has 2 saturated carbocycles. The van der Waals surface area contributed by atoms with Crippen LogP contribution in [0.2, 0.25) is 0 Å². The fraction of sp³-hybridized carbons (Fsp3) is 0.609. The number of anilines is 1. The number of nitrogens with zero attached hydrogens (tertiary/aromatic N) is 5. The van der Waals surface area contributed by atoms with E-state index in [0.717, 1.165) is 43.0 Å². The SMILES string of the molecule is Cc1nn(CC23CCCC(C2)C(N)CC3)c2c1CN(c1ccnc3[nH]ncc13)CC2. The van der Waals surface area contributed by atoms with Gasteiger partial charge in [-0.3, -0.25) is 9.78 Å². The van der Waals surface area contributed by atoms with Gasteiger partial charge in [-0.1, -0.05) is 6.42 Å². The number of fused-ring (bicyclic) bond motifs is 4. The largest absolute Gasteiger partial charge is 0.366 e. The molecule has 7 heteroatoms. The van der Waals surface area contributed by atoms with Gasteiger partial charge in [0, 0.05) is 49.6 Å². The lowest BCUT2D eigenvalue weighted by atomic mass is 9.60. The molecule has 30 heavy (non-hydrogen) atoms. The maximum Gasteiger partial charge on any atom is 0.157 e. The van der Waals surface area contributed by atoms with Crippen LogP contribution in [0.1, 0.15) is 55.5 Å². The number of pyridine rings is 1. The Bertz CT molecular complexity index is 1080. The minimum absolute atomic E-state index is 0.413. The van der Waals surface area contributed by atoms with Gasteiger partial charge in [-0.2, -0.15) is 10.2 Å². The number of aryl methyl sites for hydroxylation is 1. The topological polar surface area (TPSA) is 88.7 Å². The third-order valence-electron chi connectivity index (χ3n) is 8.08. The zero-order chi connectivity index (χ0) is 20.3. The highest BCUT2D eigenvalue weighted by Crippen LogP contribution is 2.49. The second kappa shape index (κ2) is 6.80. The van der Waals surface area contributed by atoms with E-state index < -0.39 is 0 Å². The first-order valence-corrected chi connectivity index (χ1v) is 11.5. The summed E-state index contributed by atoms with van der Waals surface area (Å²) in [7, 11) is 0. The quantitative estimate of drug-likeness (QED) is 0.698. The van der Waals surface area contributed by atoms with Crippen LogP contribution in [-0.2, 0) is 19.5 Å². The highest BCUT2D eigenvalue weighted by atomic mass is 15.3. The summed E-state index contributed by atoms with van der Waals surface area (Å²) in [4.78, 5) is 6.85. The molecule has 0 radical (unpaired) electrons. The summed E-state index contributed by atoms with van der Waals surface area (Å²) in [6, 6.07) is 2.52. The molecule has 2 fully saturated rings. The maximum absolute atomic E-state index is 6.42. The van der Waals surface area contributed by atoms with Gasteiger partial charge in [-0.05, 0) is 56.4 Å². The minimum Gasteiger partial charge on any atom is -0.366 e. The zero-order valence-electron chi connectivity index (χ0n) is 17.8. The molecule has 3 N–H and O–H groups in total. The standard InChI is InChI=1S/C23H31N7/c1-15-18-13-29(20-5-9-25-22-17(20)12-26-27-22)10-6-21(18)30(28-15)14-23-7-2-3-16(11-23)19(24)4-8-23/h5,9,12,16,19H,2-4,6-8,10-11,13-14,24H2,1H3,(H,25,26,27). The lowest BCUT2D eigenvalue weighted by Crippen LogP contribution is -2.46. The number of aromatic amines is 1. The van der Waals surface area contributed by atoms with Gasteiger partial charge >= 0.3 is 0 Å². The molecule has 158 valence electrons. The fourth-order valence-electron chi connectivity index (χ4n) is 6.45. The Morgan fingerprint density at radius 1 is 1.30 bits per heavy atom. The Balaban J connectivity index is 1.28. The van der Waals surface area contributed by atoms with E-state index in [4.69, 9.17) is 10.8 Å². The lowest BCUT2D eigenvalue weighted by molar-refractivity contribution is 0.0423. The molecular formula is C23H31N7. The van der Waals surface area contributed by atoms with Crippen LogP contribution in [0.15, 0.2) is 18.5 Å². The second-order valence-corrected chi connectivity index (χ2v) is 9.86. The Morgan fingerprint density at radius 3 is 3.17 bits per heavy atom. The first-order chi connectivity index (χ1) is 14.6. The number of hydrogen-bond acceptors (Lipinski definition) is 5. The summed E-state index contributed by atoms with van der Waals surface area (Å²) in [5.74, 6) is 0.722. The Hall–Kier alpha value is -2.41. The number of nitrogens with one attached hydrogen (secondary N) is 1. The van der Waals surface area contributed by atoms with E-state index in [0.29, 0.717) is 11.5 Å². The molecule has 3 aliphatic rings. The van der Waals surface area contributed by atoms with Crippen molar-refractivity contribution in [3.8, 4) is 0 Å². The molecule has 7 nitrogen and oxygen atoms in total. The van der Waals surface area contributed by atoms with Crippen LogP contribution in [0.4, 0.5) is 5.69 Å². The van der Waals surface area contributed by atoms with Crippen LogP contribution in [0.3, 0.4) is 0 Å². The van der Waals surface area contributed by atoms with Crippen molar-refractivity contribution in [2.45, 2.75) is 71.0 Å². The van der Waals surface area contributed by atoms with Crippen LogP contribution in [0.5, 0.6) is 0 Å². The highest BCUT2D eigenvalue weighted by molar-refractivity contribution is 5.88. The van der Waals surface area contributed by atoms with E-state index in [-0.39, 0.29) is 0 Å². The monoisotopic (exact) mass is 405 g/mol. The Kier molecular flexibility index (Phi) is 4.17. The second-order valence-electron chi connectivity index (χ2n) is 9.86. The zero-order valence-corrected chi connectivity index (χ0v) is 17.8. The van der Waals surface area contributed by atoms with Gasteiger partial charge in [0.25, 0.3) is 0 Å². The first kappa shape index (κ1) is 18.4. The molecule has 4 heterocycles. The average molecular weight is 406 g/mol. The van der Waals surface area contributed by atoms with Crippen molar-refractivity contribution in [3.05, 3.63) is 35.4 Å². The summed E-state index contributed by atoms with van der Waals surface area (Å²) in [6.45, 7) is 5.17. The van der Waals surface area contributed by atoms with Crippen molar-refractivity contribution in [2.24, 2.45) is 17.1 Å². The number of H-pyrrole nitrogens is 1. The van der Waals surface area contributed by atoms with Crippen molar-refractivity contribution < 1.29 is 0 Å². The molecule has 6 rings (SSSR count). The summed E-state index contributed by atoms with van der Waals surface area (Å²) in [6.07, 6.45) is 12.5. The smallest absolute Gasteiger partial charge is 0.157 e. The van der Waals surface area contributed by atoms with Crippen LogP contribution < -0.4 is 10.6 Å². The van der Waals surface area contributed by atoms with Gasteiger partial charge in [0.05, 0.1) is 23.0 Å². The summed E-state index contributed by atoms with van der Waals surface area (Å²) >= 11 is 0. The number of nitrogens with two attached hydrogens (primary N) is 1. The minimum atomic E-state index is 0.413. The van der Waals surface area contributed by atoms with Gasteiger partial charge in [0.2, 0.25) is 0 Å².